The fraction of sp³-hybridized carbons (Fsp3) is 0.471. The van der Waals surface area contributed by atoms with E-state index < -0.39 is 5.97 Å². The standard InChI is InChI=1S/C17H21NO4/c1-2-12-15-11(10-22-14-8-3-4-9-21-14)6-5-7-13(15)18-16(12)17(19)20/h5-7,14,18H,2-4,8-10H2,1H3,(H,19,20). The van der Waals surface area contributed by atoms with Crippen LogP contribution in [0.15, 0.2) is 18.2 Å². The van der Waals surface area contributed by atoms with Gasteiger partial charge in [-0.05, 0) is 42.9 Å². The highest BCUT2D eigenvalue weighted by Gasteiger charge is 2.19. The van der Waals surface area contributed by atoms with Gasteiger partial charge < -0.3 is 19.6 Å². The van der Waals surface area contributed by atoms with Gasteiger partial charge in [0.05, 0.1) is 6.61 Å². The van der Waals surface area contributed by atoms with Crippen LogP contribution in [0.5, 0.6) is 0 Å². The second kappa shape index (κ2) is 6.50. The summed E-state index contributed by atoms with van der Waals surface area (Å²) in [5, 5.41) is 10.3. The predicted molar refractivity (Wildman–Crippen MR) is 83.0 cm³/mol. The number of ether oxygens (including phenoxy) is 2. The summed E-state index contributed by atoms with van der Waals surface area (Å²) in [4.78, 5) is 14.4. The molecule has 22 heavy (non-hydrogen) atoms. The van der Waals surface area contributed by atoms with E-state index in [0.717, 1.165) is 47.9 Å². The second-order valence-electron chi connectivity index (χ2n) is 5.58. The van der Waals surface area contributed by atoms with Crippen molar-refractivity contribution < 1.29 is 19.4 Å². The van der Waals surface area contributed by atoms with Crippen LogP contribution in [0.3, 0.4) is 0 Å². The maximum atomic E-state index is 11.4. The van der Waals surface area contributed by atoms with Crippen LogP contribution in [0.1, 0.15) is 47.8 Å². The number of aromatic carboxylic acids is 1. The molecule has 3 rings (SSSR count). The molecule has 0 saturated carbocycles. The predicted octanol–water partition coefficient (Wildman–Crippen LogP) is 3.47. The number of benzene rings is 1. The van der Waals surface area contributed by atoms with Crippen molar-refractivity contribution in [2.45, 2.75) is 45.5 Å². The zero-order chi connectivity index (χ0) is 15.5. The molecule has 1 atom stereocenters. The Morgan fingerprint density at radius 3 is 3.00 bits per heavy atom. The van der Waals surface area contributed by atoms with Crippen LogP contribution >= 0.6 is 0 Å². The van der Waals surface area contributed by atoms with Crippen molar-refractivity contribution in [3.05, 3.63) is 35.0 Å². The number of aryl methyl sites for hydroxylation is 1. The Labute approximate surface area is 129 Å². The summed E-state index contributed by atoms with van der Waals surface area (Å²) in [5.41, 5.74) is 2.97. The minimum absolute atomic E-state index is 0.146. The van der Waals surface area contributed by atoms with Gasteiger partial charge in [0, 0.05) is 17.5 Å². The normalized spacial score (nSPS) is 18.7. The Morgan fingerprint density at radius 1 is 1.45 bits per heavy atom. The molecule has 1 aliphatic heterocycles. The zero-order valence-corrected chi connectivity index (χ0v) is 12.7. The summed E-state index contributed by atoms with van der Waals surface area (Å²) in [6.45, 7) is 3.16. The number of H-pyrrole nitrogens is 1. The monoisotopic (exact) mass is 303 g/mol. The molecule has 1 aliphatic rings. The van der Waals surface area contributed by atoms with E-state index in [1.54, 1.807) is 0 Å². The van der Waals surface area contributed by atoms with E-state index in [9.17, 15) is 9.90 Å². The molecule has 1 aromatic heterocycles. The van der Waals surface area contributed by atoms with Crippen molar-refractivity contribution >= 4 is 16.9 Å². The van der Waals surface area contributed by atoms with Gasteiger partial charge >= 0.3 is 5.97 Å². The molecule has 118 valence electrons. The molecule has 2 N–H and O–H groups in total. The van der Waals surface area contributed by atoms with E-state index in [1.807, 2.05) is 25.1 Å². The number of nitrogens with one attached hydrogen (secondary N) is 1. The first-order valence-corrected chi connectivity index (χ1v) is 7.79. The molecular formula is C17H21NO4. The Hall–Kier alpha value is -1.85. The number of carboxylic acid groups (broad SMARTS) is 1. The number of rotatable bonds is 5. The summed E-state index contributed by atoms with van der Waals surface area (Å²) in [7, 11) is 0. The molecule has 0 aliphatic carbocycles. The SMILES string of the molecule is CCc1c(C(=O)O)[nH]c2cccc(COC3CCCCO3)c12. The van der Waals surface area contributed by atoms with Crippen molar-refractivity contribution in [2.24, 2.45) is 0 Å². The van der Waals surface area contributed by atoms with Crippen molar-refractivity contribution in [2.75, 3.05) is 6.61 Å². The van der Waals surface area contributed by atoms with Gasteiger partial charge in [0.2, 0.25) is 0 Å². The third-order valence-electron chi connectivity index (χ3n) is 4.14. The fourth-order valence-electron chi connectivity index (χ4n) is 3.08. The highest BCUT2D eigenvalue weighted by Crippen LogP contribution is 2.28. The van der Waals surface area contributed by atoms with Gasteiger partial charge in [-0.1, -0.05) is 19.1 Å². The molecule has 1 fully saturated rings. The first-order valence-electron chi connectivity index (χ1n) is 7.79. The number of carboxylic acids is 1. The van der Waals surface area contributed by atoms with E-state index >= 15 is 0 Å². The van der Waals surface area contributed by atoms with Crippen LogP contribution in [0, 0.1) is 0 Å². The molecule has 0 radical (unpaired) electrons. The molecule has 2 aromatic rings. The molecule has 2 heterocycles. The summed E-state index contributed by atoms with van der Waals surface area (Å²) in [5.74, 6) is -0.921. The van der Waals surface area contributed by atoms with Crippen LogP contribution in [0.4, 0.5) is 0 Å². The van der Waals surface area contributed by atoms with Gasteiger partial charge in [0.15, 0.2) is 6.29 Å². The fourth-order valence-corrected chi connectivity index (χ4v) is 3.08. The summed E-state index contributed by atoms with van der Waals surface area (Å²) in [6, 6.07) is 5.82. The molecule has 5 heteroatoms. The largest absolute Gasteiger partial charge is 0.477 e. The Morgan fingerprint density at radius 2 is 2.32 bits per heavy atom. The maximum absolute atomic E-state index is 11.4. The molecule has 5 nitrogen and oxygen atoms in total. The van der Waals surface area contributed by atoms with Gasteiger partial charge in [0.25, 0.3) is 0 Å². The van der Waals surface area contributed by atoms with Gasteiger partial charge in [-0.15, -0.1) is 0 Å². The van der Waals surface area contributed by atoms with E-state index in [0.29, 0.717) is 13.0 Å². The van der Waals surface area contributed by atoms with Crippen molar-refractivity contribution in [1.29, 1.82) is 0 Å². The smallest absolute Gasteiger partial charge is 0.352 e. The minimum Gasteiger partial charge on any atom is -0.477 e. The minimum atomic E-state index is -0.921. The molecular weight excluding hydrogens is 282 g/mol. The van der Waals surface area contributed by atoms with E-state index in [1.165, 1.54) is 0 Å². The maximum Gasteiger partial charge on any atom is 0.352 e. The Kier molecular flexibility index (Phi) is 4.45. The molecule has 1 saturated heterocycles. The van der Waals surface area contributed by atoms with Crippen LogP contribution in [-0.4, -0.2) is 29.0 Å². The zero-order valence-electron chi connectivity index (χ0n) is 12.7. The Bertz CT molecular complexity index is 671. The lowest BCUT2D eigenvalue weighted by atomic mass is 10.0. The average Bonchev–Trinajstić information content (AvgIpc) is 2.93. The first kappa shape index (κ1) is 15.1. The summed E-state index contributed by atoms with van der Waals surface area (Å²) < 4.78 is 11.5. The third-order valence-corrected chi connectivity index (χ3v) is 4.14. The average molecular weight is 303 g/mol. The highest BCUT2D eigenvalue weighted by atomic mass is 16.7. The van der Waals surface area contributed by atoms with E-state index in [2.05, 4.69) is 4.98 Å². The lowest BCUT2D eigenvalue weighted by molar-refractivity contribution is -0.168. The number of aromatic amines is 1. The second-order valence-corrected chi connectivity index (χ2v) is 5.58. The molecule has 0 spiro atoms. The molecule has 0 bridgehead atoms. The number of carbonyl (C=O) groups is 1. The van der Waals surface area contributed by atoms with Crippen LogP contribution in [0.25, 0.3) is 10.9 Å². The molecule has 1 unspecified atom stereocenters. The van der Waals surface area contributed by atoms with Gasteiger partial charge in [0.1, 0.15) is 5.69 Å². The lowest BCUT2D eigenvalue weighted by Gasteiger charge is -2.23. The van der Waals surface area contributed by atoms with Crippen molar-refractivity contribution in [1.82, 2.24) is 4.98 Å². The number of hydrogen-bond donors (Lipinski definition) is 2. The highest BCUT2D eigenvalue weighted by molar-refractivity contribution is 5.98. The van der Waals surface area contributed by atoms with E-state index in [4.69, 9.17) is 9.47 Å². The van der Waals surface area contributed by atoms with Gasteiger partial charge in [-0.2, -0.15) is 0 Å². The van der Waals surface area contributed by atoms with Crippen molar-refractivity contribution in [3.63, 3.8) is 0 Å². The number of hydrogen-bond acceptors (Lipinski definition) is 3. The van der Waals surface area contributed by atoms with Crippen molar-refractivity contribution in [3.8, 4) is 0 Å². The quantitative estimate of drug-likeness (QED) is 0.887. The summed E-state index contributed by atoms with van der Waals surface area (Å²) >= 11 is 0. The van der Waals surface area contributed by atoms with Gasteiger partial charge in [-0.25, -0.2) is 4.79 Å². The van der Waals surface area contributed by atoms with Crippen LogP contribution < -0.4 is 0 Å². The molecule has 1 aromatic carbocycles. The Balaban J connectivity index is 1.90. The number of aromatic nitrogens is 1. The van der Waals surface area contributed by atoms with E-state index in [-0.39, 0.29) is 12.0 Å². The topological polar surface area (TPSA) is 71.5 Å². The van der Waals surface area contributed by atoms with Crippen LogP contribution in [-0.2, 0) is 22.5 Å². The van der Waals surface area contributed by atoms with Crippen LogP contribution in [0.2, 0.25) is 0 Å². The first-order chi connectivity index (χ1) is 10.7. The number of fused-ring (bicyclic) bond motifs is 1. The summed E-state index contributed by atoms with van der Waals surface area (Å²) in [6.07, 6.45) is 3.66. The van der Waals surface area contributed by atoms with Gasteiger partial charge in [-0.3, -0.25) is 0 Å². The lowest BCUT2D eigenvalue weighted by Crippen LogP contribution is -2.22. The molecule has 0 amide bonds. The third kappa shape index (κ3) is 2.87.